The maximum Gasteiger partial charge on any atom is 0.416 e. The van der Waals surface area contributed by atoms with Crippen molar-refractivity contribution in [2.24, 2.45) is 0 Å². The molecule has 0 spiro atoms. The highest BCUT2D eigenvalue weighted by Gasteiger charge is 2.29. The van der Waals surface area contributed by atoms with Crippen molar-refractivity contribution < 1.29 is 18.0 Å². The van der Waals surface area contributed by atoms with E-state index in [1.54, 1.807) is 0 Å². The molecule has 4 nitrogen and oxygen atoms in total. The van der Waals surface area contributed by atoms with Crippen molar-refractivity contribution >= 4 is 28.2 Å². The summed E-state index contributed by atoms with van der Waals surface area (Å²) >= 11 is 0. The molecule has 0 atom stereocenters. The number of carbonyl (C=O) groups excluding carboxylic acids is 1. The summed E-state index contributed by atoms with van der Waals surface area (Å²) < 4.78 is 38.0. The Bertz CT molecular complexity index is 1110. The number of aromatic nitrogens is 1. The van der Waals surface area contributed by atoms with Gasteiger partial charge in [0, 0.05) is 42.0 Å². The van der Waals surface area contributed by atoms with Crippen LogP contribution in [0.1, 0.15) is 43.0 Å². The van der Waals surface area contributed by atoms with E-state index < -0.39 is 11.7 Å². The zero-order valence-corrected chi connectivity index (χ0v) is 18.0. The number of halogens is 3. The molecule has 1 fully saturated rings. The van der Waals surface area contributed by atoms with Crippen molar-refractivity contribution in [1.82, 2.24) is 4.98 Å². The van der Waals surface area contributed by atoms with Gasteiger partial charge in [0.15, 0.2) is 0 Å². The number of hydrogen-bond donors (Lipinski definition) is 1. The lowest BCUT2D eigenvalue weighted by Crippen LogP contribution is -2.37. The second kappa shape index (κ2) is 9.18. The number of fused-ring (bicyclic) bond motifs is 1. The summed E-state index contributed by atoms with van der Waals surface area (Å²) in [5.74, 6) is -0.176. The van der Waals surface area contributed by atoms with Gasteiger partial charge in [-0.2, -0.15) is 13.2 Å². The first kappa shape index (κ1) is 22.1. The molecule has 2 aromatic carbocycles. The molecule has 1 aliphatic heterocycles. The number of hydrogen-bond acceptors (Lipinski definition) is 3. The van der Waals surface area contributed by atoms with E-state index in [0.29, 0.717) is 17.7 Å². The first-order chi connectivity index (χ1) is 15.3. The minimum Gasteiger partial charge on any atom is -0.371 e. The van der Waals surface area contributed by atoms with Crippen molar-refractivity contribution in [3.8, 4) is 0 Å². The van der Waals surface area contributed by atoms with Gasteiger partial charge in [0.1, 0.15) is 0 Å². The van der Waals surface area contributed by atoms with Gasteiger partial charge in [-0.3, -0.25) is 9.78 Å². The lowest BCUT2D eigenvalue weighted by molar-refractivity contribution is -0.137. The molecule has 3 aromatic rings. The van der Waals surface area contributed by atoms with Crippen LogP contribution in [-0.4, -0.2) is 24.0 Å². The molecule has 7 heteroatoms. The summed E-state index contributed by atoms with van der Waals surface area (Å²) in [6, 6.07) is 12.8. The Kier molecular flexibility index (Phi) is 6.35. The molecule has 1 aromatic heterocycles. The summed E-state index contributed by atoms with van der Waals surface area (Å²) in [6.45, 7) is 4.18. The maximum absolute atomic E-state index is 12.7. The van der Waals surface area contributed by atoms with Crippen LogP contribution in [0.4, 0.5) is 24.5 Å². The van der Waals surface area contributed by atoms with Gasteiger partial charge >= 0.3 is 6.18 Å². The van der Waals surface area contributed by atoms with E-state index in [9.17, 15) is 18.0 Å². The van der Waals surface area contributed by atoms with Crippen LogP contribution in [0.25, 0.3) is 10.9 Å². The van der Waals surface area contributed by atoms with Crippen LogP contribution in [-0.2, 0) is 23.8 Å². The molecule has 4 rings (SSSR count). The number of alkyl halides is 3. The summed E-state index contributed by atoms with van der Waals surface area (Å²) in [4.78, 5) is 19.6. The summed E-state index contributed by atoms with van der Waals surface area (Å²) in [5.41, 5.74) is 3.86. The van der Waals surface area contributed by atoms with Crippen molar-refractivity contribution in [3.63, 3.8) is 0 Å². The fraction of sp³-hybridized carbons (Fsp3) is 0.360. The van der Waals surface area contributed by atoms with Crippen LogP contribution in [0.3, 0.4) is 0 Å². The first-order valence-corrected chi connectivity index (χ1v) is 11.0. The van der Waals surface area contributed by atoms with Crippen molar-refractivity contribution in [3.05, 3.63) is 65.4 Å². The second-order valence-electron chi connectivity index (χ2n) is 8.20. The minimum atomic E-state index is -4.35. The Morgan fingerprint density at radius 3 is 2.44 bits per heavy atom. The van der Waals surface area contributed by atoms with Gasteiger partial charge in [-0.05, 0) is 61.2 Å². The highest BCUT2D eigenvalue weighted by molar-refractivity contribution is 5.98. The zero-order valence-electron chi connectivity index (χ0n) is 18.0. The largest absolute Gasteiger partial charge is 0.416 e. The molecule has 1 saturated heterocycles. The maximum atomic E-state index is 12.7. The van der Waals surface area contributed by atoms with E-state index in [-0.39, 0.29) is 12.3 Å². The van der Waals surface area contributed by atoms with E-state index in [1.165, 1.54) is 18.6 Å². The molecule has 2 heterocycles. The van der Waals surface area contributed by atoms with Gasteiger partial charge in [-0.1, -0.05) is 25.5 Å². The summed E-state index contributed by atoms with van der Waals surface area (Å²) in [5, 5.41) is 3.94. The van der Waals surface area contributed by atoms with Crippen molar-refractivity contribution in [1.29, 1.82) is 0 Å². The Morgan fingerprint density at radius 2 is 1.81 bits per heavy atom. The Labute approximate surface area is 185 Å². The lowest BCUT2D eigenvalue weighted by atomic mass is 10.1. The first-order valence-electron chi connectivity index (χ1n) is 11.0. The van der Waals surface area contributed by atoms with Crippen LogP contribution in [0.5, 0.6) is 0 Å². The molecule has 0 radical (unpaired) electrons. The third-order valence-corrected chi connectivity index (χ3v) is 5.75. The number of carbonyl (C=O) groups is 1. The van der Waals surface area contributed by atoms with Gasteiger partial charge < -0.3 is 10.2 Å². The summed E-state index contributed by atoms with van der Waals surface area (Å²) in [6.07, 6.45) is -0.654. The van der Waals surface area contributed by atoms with Crippen LogP contribution in [0.15, 0.2) is 48.5 Å². The third-order valence-electron chi connectivity index (χ3n) is 5.75. The third kappa shape index (κ3) is 5.03. The number of pyridine rings is 1. The fourth-order valence-corrected chi connectivity index (χ4v) is 3.88. The van der Waals surface area contributed by atoms with Crippen molar-refractivity contribution in [2.75, 3.05) is 23.3 Å². The van der Waals surface area contributed by atoms with Crippen molar-refractivity contribution in [2.45, 2.75) is 45.2 Å². The average molecular weight is 441 g/mol. The number of aryl methyl sites for hydroxylation is 2. The molecule has 0 unspecified atom stereocenters. The number of nitrogens with zero attached hydrogens (tertiary/aromatic N) is 2. The van der Waals surface area contributed by atoms with Crippen LogP contribution >= 0.6 is 0 Å². The van der Waals surface area contributed by atoms with Crippen LogP contribution < -0.4 is 10.2 Å². The smallest absolute Gasteiger partial charge is 0.371 e. The van der Waals surface area contributed by atoms with E-state index in [4.69, 9.17) is 4.98 Å². The topological polar surface area (TPSA) is 45.2 Å². The Balaban J connectivity index is 1.45. The highest BCUT2D eigenvalue weighted by atomic mass is 19.4. The molecule has 1 aliphatic rings. The number of nitrogens with one attached hydrogen (secondary N) is 1. The fourth-order valence-electron chi connectivity index (χ4n) is 3.88. The average Bonchev–Trinajstić information content (AvgIpc) is 2.71. The predicted molar refractivity (Wildman–Crippen MR) is 121 cm³/mol. The second-order valence-corrected chi connectivity index (χ2v) is 8.20. The Morgan fingerprint density at radius 1 is 1.06 bits per heavy atom. The number of benzene rings is 2. The zero-order chi connectivity index (χ0) is 22.7. The van der Waals surface area contributed by atoms with Gasteiger partial charge in [0.25, 0.3) is 0 Å². The molecule has 32 heavy (non-hydrogen) atoms. The molecule has 168 valence electrons. The van der Waals surface area contributed by atoms with Gasteiger partial charge in [0.05, 0.1) is 11.1 Å². The molecule has 1 amide bonds. The SMILES string of the molecule is CCCc1cc(N2CCC2)c2cc(NC(=O)CCc3ccc(C(F)(F)F)cc3)ccc2n1. The lowest BCUT2D eigenvalue weighted by Gasteiger charge is -2.34. The molecule has 0 aliphatic carbocycles. The summed E-state index contributed by atoms with van der Waals surface area (Å²) in [7, 11) is 0. The number of anilines is 2. The van der Waals surface area contributed by atoms with Gasteiger partial charge in [-0.25, -0.2) is 0 Å². The molecule has 1 N–H and O–H groups in total. The molecule has 0 saturated carbocycles. The monoisotopic (exact) mass is 441 g/mol. The van der Waals surface area contributed by atoms with E-state index in [1.807, 2.05) is 18.2 Å². The Hall–Kier alpha value is -3.09. The van der Waals surface area contributed by atoms with Crippen LogP contribution in [0.2, 0.25) is 0 Å². The van der Waals surface area contributed by atoms with Gasteiger partial charge in [-0.15, -0.1) is 0 Å². The predicted octanol–water partition coefficient (Wildman–Crippen LogP) is 5.99. The minimum absolute atomic E-state index is 0.176. The van der Waals surface area contributed by atoms with E-state index >= 15 is 0 Å². The van der Waals surface area contributed by atoms with Crippen LogP contribution in [0, 0.1) is 0 Å². The quantitative estimate of drug-likeness (QED) is 0.490. The number of rotatable bonds is 7. The highest BCUT2D eigenvalue weighted by Crippen LogP contribution is 2.32. The molecular weight excluding hydrogens is 415 g/mol. The van der Waals surface area contributed by atoms with E-state index in [2.05, 4.69) is 23.2 Å². The van der Waals surface area contributed by atoms with E-state index in [0.717, 1.165) is 60.3 Å². The normalized spacial score (nSPS) is 13.8. The molecule has 0 bridgehead atoms. The number of amides is 1. The molecular formula is C25H26F3N3O. The van der Waals surface area contributed by atoms with Gasteiger partial charge in [0.2, 0.25) is 5.91 Å². The standard InChI is InChI=1S/C25H26F3N3O/c1-2-4-19-16-23(31-13-3-14-31)21-15-20(10-11-22(21)29-19)30-24(32)12-7-17-5-8-18(9-6-17)25(26,27)28/h5-6,8-11,15-16H,2-4,7,12-14H2,1H3,(H,30,32).